The maximum absolute atomic E-state index is 11.9. The molecule has 30 heavy (non-hydrogen) atoms. The molecule has 2 aromatic rings. The van der Waals surface area contributed by atoms with Gasteiger partial charge in [-0.15, -0.1) is 0 Å². The third-order valence-electron chi connectivity index (χ3n) is 4.51. The highest BCUT2D eigenvalue weighted by Gasteiger charge is 2.11. The standard InChI is InChI=1S/C22H30N4O3S/c1-17-14-19(10-11-20(17)30(4,28)29)15-24-22(25-16-21(27)26(2)3)23-13-12-18-8-6-5-7-9-18/h5-11,14H,12-13,15-16H2,1-4H3,(H2,23,24,25). The lowest BCUT2D eigenvalue weighted by Gasteiger charge is -2.15. The highest BCUT2D eigenvalue weighted by Crippen LogP contribution is 2.17. The Morgan fingerprint density at radius 3 is 2.33 bits per heavy atom. The number of hydrogen-bond acceptors (Lipinski definition) is 4. The van der Waals surface area contributed by atoms with E-state index in [-0.39, 0.29) is 12.5 Å². The highest BCUT2D eigenvalue weighted by atomic mass is 32.2. The maximum atomic E-state index is 11.9. The van der Waals surface area contributed by atoms with Gasteiger partial charge in [0.15, 0.2) is 15.8 Å². The molecular weight excluding hydrogens is 400 g/mol. The highest BCUT2D eigenvalue weighted by molar-refractivity contribution is 7.90. The van der Waals surface area contributed by atoms with Gasteiger partial charge in [0.1, 0.15) is 0 Å². The van der Waals surface area contributed by atoms with Gasteiger partial charge in [0, 0.05) is 26.9 Å². The summed E-state index contributed by atoms with van der Waals surface area (Å²) >= 11 is 0. The van der Waals surface area contributed by atoms with Crippen LogP contribution in [0.5, 0.6) is 0 Å². The first-order valence-electron chi connectivity index (χ1n) is 9.72. The normalized spacial score (nSPS) is 11.8. The Bertz CT molecular complexity index is 987. The van der Waals surface area contributed by atoms with Crippen molar-refractivity contribution in [3.05, 3.63) is 65.2 Å². The summed E-state index contributed by atoms with van der Waals surface area (Å²) in [5.41, 5.74) is 2.79. The predicted octanol–water partition coefficient (Wildman–Crippen LogP) is 1.76. The van der Waals surface area contributed by atoms with E-state index in [2.05, 4.69) is 27.8 Å². The zero-order chi connectivity index (χ0) is 22.1. The summed E-state index contributed by atoms with van der Waals surface area (Å²) < 4.78 is 23.6. The third kappa shape index (κ3) is 7.51. The van der Waals surface area contributed by atoms with E-state index in [1.165, 1.54) is 16.7 Å². The van der Waals surface area contributed by atoms with Gasteiger partial charge in [-0.05, 0) is 36.1 Å². The van der Waals surface area contributed by atoms with Crippen molar-refractivity contribution in [2.24, 2.45) is 4.99 Å². The van der Waals surface area contributed by atoms with Crippen LogP contribution in [0.3, 0.4) is 0 Å². The average Bonchev–Trinajstić information content (AvgIpc) is 2.69. The second-order valence-corrected chi connectivity index (χ2v) is 9.33. The topological polar surface area (TPSA) is 90.9 Å². The van der Waals surface area contributed by atoms with Crippen molar-refractivity contribution in [1.82, 2.24) is 15.5 Å². The van der Waals surface area contributed by atoms with Crippen LogP contribution in [0.2, 0.25) is 0 Å². The van der Waals surface area contributed by atoms with E-state index in [1.54, 1.807) is 33.2 Å². The molecule has 0 aliphatic rings. The summed E-state index contributed by atoms with van der Waals surface area (Å²) in [4.78, 5) is 18.3. The van der Waals surface area contributed by atoms with E-state index in [4.69, 9.17) is 0 Å². The number of rotatable bonds is 8. The molecule has 0 unspecified atom stereocenters. The Morgan fingerprint density at radius 2 is 1.73 bits per heavy atom. The van der Waals surface area contributed by atoms with Gasteiger partial charge >= 0.3 is 0 Å². The number of amides is 1. The number of carbonyl (C=O) groups excluding carboxylic acids is 1. The number of aliphatic imine (C=N–C) groups is 1. The molecule has 0 aromatic heterocycles. The molecule has 2 rings (SSSR count). The van der Waals surface area contributed by atoms with Gasteiger partial charge in [0.2, 0.25) is 5.91 Å². The molecule has 0 heterocycles. The Kier molecular flexibility index (Phi) is 8.41. The molecule has 0 atom stereocenters. The lowest BCUT2D eigenvalue weighted by Crippen LogP contribution is -2.43. The van der Waals surface area contributed by atoms with Gasteiger partial charge in [0.05, 0.1) is 18.0 Å². The summed E-state index contributed by atoms with van der Waals surface area (Å²) in [6.45, 7) is 2.94. The molecule has 7 nitrogen and oxygen atoms in total. The Balaban J connectivity index is 2.07. The van der Waals surface area contributed by atoms with Crippen LogP contribution in [0.15, 0.2) is 58.4 Å². The monoisotopic (exact) mass is 430 g/mol. The number of guanidine groups is 1. The van der Waals surface area contributed by atoms with Crippen molar-refractivity contribution >= 4 is 21.7 Å². The van der Waals surface area contributed by atoms with Gasteiger partial charge in [-0.2, -0.15) is 0 Å². The SMILES string of the molecule is Cc1cc(CN=C(NCCc2ccccc2)NCC(=O)N(C)C)ccc1S(C)(=O)=O. The Labute approximate surface area is 179 Å². The molecule has 0 saturated heterocycles. The van der Waals surface area contributed by atoms with Crippen LogP contribution in [0.1, 0.15) is 16.7 Å². The van der Waals surface area contributed by atoms with Gasteiger partial charge in [0.25, 0.3) is 0 Å². The van der Waals surface area contributed by atoms with Crippen LogP contribution in [-0.4, -0.2) is 58.6 Å². The molecule has 0 spiro atoms. The lowest BCUT2D eigenvalue weighted by molar-refractivity contribution is -0.127. The molecule has 2 N–H and O–H groups in total. The van der Waals surface area contributed by atoms with Gasteiger partial charge in [-0.25, -0.2) is 13.4 Å². The van der Waals surface area contributed by atoms with Crippen LogP contribution in [0.4, 0.5) is 0 Å². The fourth-order valence-electron chi connectivity index (χ4n) is 2.86. The van der Waals surface area contributed by atoms with E-state index in [1.807, 2.05) is 24.3 Å². The molecule has 0 bridgehead atoms. The second kappa shape index (κ2) is 10.8. The maximum Gasteiger partial charge on any atom is 0.241 e. The molecule has 1 amide bonds. The summed E-state index contributed by atoms with van der Waals surface area (Å²) in [5.74, 6) is 0.479. The lowest BCUT2D eigenvalue weighted by atomic mass is 10.1. The molecule has 2 aromatic carbocycles. The fraction of sp³-hybridized carbons (Fsp3) is 0.364. The van der Waals surface area contributed by atoms with Crippen molar-refractivity contribution in [3.63, 3.8) is 0 Å². The number of aryl methyl sites for hydroxylation is 1. The van der Waals surface area contributed by atoms with Crippen LogP contribution >= 0.6 is 0 Å². The van der Waals surface area contributed by atoms with Crippen LogP contribution in [0.25, 0.3) is 0 Å². The first-order chi connectivity index (χ1) is 14.2. The van der Waals surface area contributed by atoms with Crippen molar-refractivity contribution in [3.8, 4) is 0 Å². The largest absolute Gasteiger partial charge is 0.356 e. The van der Waals surface area contributed by atoms with E-state index >= 15 is 0 Å². The summed E-state index contributed by atoms with van der Waals surface area (Å²) in [7, 11) is 0.159. The van der Waals surface area contributed by atoms with E-state index in [9.17, 15) is 13.2 Å². The van der Waals surface area contributed by atoms with Crippen molar-refractivity contribution in [1.29, 1.82) is 0 Å². The molecule has 162 valence electrons. The van der Waals surface area contributed by atoms with Crippen molar-refractivity contribution in [2.75, 3.05) is 33.4 Å². The van der Waals surface area contributed by atoms with E-state index in [0.717, 1.165) is 12.0 Å². The first-order valence-corrected chi connectivity index (χ1v) is 11.6. The number of likely N-dealkylation sites (N-methyl/N-ethyl adjacent to an activating group) is 1. The number of benzene rings is 2. The van der Waals surface area contributed by atoms with E-state index in [0.29, 0.717) is 29.5 Å². The minimum absolute atomic E-state index is 0.0547. The quantitative estimate of drug-likeness (QED) is 0.492. The molecule has 0 saturated carbocycles. The molecular formula is C22H30N4O3S. The summed E-state index contributed by atoms with van der Waals surface area (Å²) in [6.07, 6.45) is 2.03. The van der Waals surface area contributed by atoms with Crippen molar-refractivity contribution in [2.45, 2.75) is 24.8 Å². The molecule has 0 fully saturated rings. The van der Waals surface area contributed by atoms with Crippen LogP contribution < -0.4 is 10.6 Å². The number of hydrogen-bond donors (Lipinski definition) is 2. The van der Waals surface area contributed by atoms with Crippen LogP contribution in [0, 0.1) is 6.92 Å². The molecule has 8 heteroatoms. The first kappa shape index (κ1) is 23.4. The number of nitrogens with zero attached hydrogens (tertiary/aromatic N) is 2. The second-order valence-electron chi connectivity index (χ2n) is 7.34. The summed E-state index contributed by atoms with van der Waals surface area (Å²) in [6, 6.07) is 15.3. The minimum atomic E-state index is -3.25. The molecule has 0 radical (unpaired) electrons. The van der Waals surface area contributed by atoms with Crippen LogP contribution in [-0.2, 0) is 27.6 Å². The zero-order valence-electron chi connectivity index (χ0n) is 18.0. The van der Waals surface area contributed by atoms with Gasteiger partial charge in [-0.1, -0.05) is 42.5 Å². The molecule has 0 aliphatic heterocycles. The summed E-state index contributed by atoms with van der Waals surface area (Å²) in [5, 5.41) is 6.31. The zero-order valence-corrected chi connectivity index (χ0v) is 18.8. The van der Waals surface area contributed by atoms with Crippen molar-refractivity contribution < 1.29 is 13.2 Å². The molecule has 0 aliphatic carbocycles. The van der Waals surface area contributed by atoms with Gasteiger partial charge in [-0.3, -0.25) is 4.79 Å². The smallest absolute Gasteiger partial charge is 0.241 e. The number of nitrogens with one attached hydrogen (secondary N) is 2. The predicted molar refractivity (Wildman–Crippen MR) is 120 cm³/mol. The number of sulfone groups is 1. The van der Waals surface area contributed by atoms with E-state index < -0.39 is 9.84 Å². The minimum Gasteiger partial charge on any atom is -0.356 e. The Hall–Kier alpha value is -2.87. The third-order valence-corrected chi connectivity index (χ3v) is 5.77. The van der Waals surface area contributed by atoms with Gasteiger partial charge < -0.3 is 15.5 Å². The Morgan fingerprint density at radius 1 is 1.03 bits per heavy atom. The average molecular weight is 431 g/mol. The fourth-order valence-corrected chi connectivity index (χ4v) is 3.82. The number of carbonyl (C=O) groups is 1.